The number of hydrogen-bond donors (Lipinski definition) is 0. The maximum atomic E-state index is 12.1. The van der Waals surface area contributed by atoms with Crippen LogP contribution < -0.4 is 0 Å². The van der Waals surface area contributed by atoms with E-state index in [0.29, 0.717) is 18.7 Å². The topological polar surface area (TPSA) is 37.4 Å². The molecule has 0 aromatic heterocycles. The summed E-state index contributed by atoms with van der Waals surface area (Å²) in [4.78, 5) is 0. The van der Waals surface area contributed by atoms with Gasteiger partial charge in [0.15, 0.2) is 0 Å². The summed E-state index contributed by atoms with van der Waals surface area (Å²) < 4.78 is 47.1. The van der Waals surface area contributed by atoms with Crippen molar-refractivity contribution >= 4 is 21.6 Å². The van der Waals surface area contributed by atoms with E-state index in [1.54, 1.807) is 0 Å². The van der Waals surface area contributed by atoms with E-state index in [9.17, 15) is 17.2 Å². The Morgan fingerprint density at radius 2 is 1.86 bits per heavy atom. The minimum Gasteiger partial charge on any atom is -0.206 e. The lowest BCUT2D eigenvalue weighted by molar-refractivity contribution is 0.206. The first-order valence-corrected chi connectivity index (χ1v) is 6.35. The first-order chi connectivity index (χ1) is 6.48. The van der Waals surface area contributed by atoms with Gasteiger partial charge in [-0.1, -0.05) is 0 Å². The van der Waals surface area contributed by atoms with E-state index in [1.165, 1.54) is 0 Å². The van der Waals surface area contributed by atoms with Crippen LogP contribution in [0.25, 0.3) is 0 Å². The van der Waals surface area contributed by atoms with Crippen LogP contribution in [0.4, 0.5) is 8.78 Å². The Hall–Kier alpha value is 0.0600. The smallest absolute Gasteiger partial charge is 0.206 e. The molecule has 0 atom stereocenters. The maximum absolute atomic E-state index is 12.1. The van der Waals surface area contributed by atoms with Gasteiger partial charge in [0.2, 0.25) is 0 Å². The monoisotopic (exact) mass is 247 g/mol. The predicted octanol–water partition coefficient (Wildman–Crippen LogP) is 1.49. The molecule has 1 fully saturated rings. The number of halogens is 3. The van der Waals surface area contributed by atoms with E-state index in [-0.39, 0.29) is 19.0 Å². The van der Waals surface area contributed by atoms with Crippen molar-refractivity contribution in [3.8, 4) is 0 Å². The van der Waals surface area contributed by atoms with Gasteiger partial charge in [-0.3, -0.25) is 0 Å². The fourth-order valence-electron chi connectivity index (χ4n) is 1.43. The van der Waals surface area contributed by atoms with E-state index in [0.717, 1.165) is 4.31 Å². The van der Waals surface area contributed by atoms with Gasteiger partial charge >= 0.3 is 5.76 Å². The molecule has 14 heavy (non-hydrogen) atoms. The highest BCUT2D eigenvalue weighted by Gasteiger charge is 2.34. The average molecular weight is 248 g/mol. The molecule has 1 aliphatic rings. The molecule has 7 heteroatoms. The molecule has 1 rings (SSSR count). The van der Waals surface area contributed by atoms with Crippen molar-refractivity contribution in [1.29, 1.82) is 0 Å². The Morgan fingerprint density at radius 1 is 1.36 bits per heavy atom. The third-order valence-electron chi connectivity index (χ3n) is 2.38. The summed E-state index contributed by atoms with van der Waals surface area (Å²) in [5.74, 6) is -2.60. The van der Waals surface area contributed by atoms with Gasteiger partial charge in [-0.15, -0.1) is 11.6 Å². The SMILES string of the molecule is O=S(=O)(C(F)F)N1CCC(CCl)CC1. The van der Waals surface area contributed by atoms with Crippen LogP contribution in [0.3, 0.4) is 0 Å². The number of alkyl halides is 3. The lowest BCUT2D eigenvalue weighted by Gasteiger charge is -2.29. The third kappa shape index (κ3) is 2.55. The first-order valence-electron chi connectivity index (χ1n) is 4.31. The lowest BCUT2D eigenvalue weighted by atomic mass is 10.0. The van der Waals surface area contributed by atoms with E-state index < -0.39 is 15.8 Å². The van der Waals surface area contributed by atoms with Gasteiger partial charge in [-0.05, 0) is 18.8 Å². The summed E-state index contributed by atoms with van der Waals surface area (Å²) >= 11 is 5.59. The molecular weight excluding hydrogens is 236 g/mol. The summed E-state index contributed by atoms with van der Waals surface area (Å²) in [6.07, 6.45) is 1.13. The summed E-state index contributed by atoms with van der Waals surface area (Å²) in [7, 11) is -4.37. The molecule has 0 amide bonds. The number of rotatable bonds is 3. The minimum atomic E-state index is -4.37. The second-order valence-corrected chi connectivity index (χ2v) is 5.51. The van der Waals surface area contributed by atoms with Gasteiger partial charge in [0.05, 0.1) is 0 Å². The second kappa shape index (κ2) is 4.72. The molecular formula is C7H12ClF2NO2S. The van der Waals surface area contributed by atoms with Crippen molar-refractivity contribution in [2.24, 2.45) is 5.92 Å². The van der Waals surface area contributed by atoms with Crippen molar-refractivity contribution in [1.82, 2.24) is 4.31 Å². The van der Waals surface area contributed by atoms with Crippen LogP contribution >= 0.6 is 11.6 Å². The Kier molecular flexibility index (Phi) is 4.09. The van der Waals surface area contributed by atoms with E-state index in [2.05, 4.69) is 0 Å². The standard InChI is InChI=1S/C7H12ClF2NO2S/c8-5-6-1-3-11(4-2-6)14(12,13)7(9)10/h6-7H,1-5H2. The highest BCUT2D eigenvalue weighted by molar-refractivity contribution is 7.89. The van der Waals surface area contributed by atoms with E-state index in [1.807, 2.05) is 0 Å². The van der Waals surface area contributed by atoms with E-state index >= 15 is 0 Å². The Labute approximate surface area is 87.1 Å². The molecule has 0 radical (unpaired) electrons. The van der Waals surface area contributed by atoms with Crippen molar-refractivity contribution in [2.45, 2.75) is 18.6 Å². The molecule has 0 unspecified atom stereocenters. The summed E-state index contributed by atoms with van der Waals surface area (Å²) in [6, 6.07) is 0. The van der Waals surface area contributed by atoms with Crippen molar-refractivity contribution in [3.63, 3.8) is 0 Å². The van der Waals surface area contributed by atoms with Gasteiger partial charge in [-0.25, -0.2) is 8.42 Å². The molecule has 0 spiro atoms. The van der Waals surface area contributed by atoms with Crippen molar-refractivity contribution < 1.29 is 17.2 Å². The Morgan fingerprint density at radius 3 is 2.21 bits per heavy atom. The third-order valence-corrected chi connectivity index (χ3v) is 4.35. The van der Waals surface area contributed by atoms with Crippen molar-refractivity contribution in [3.05, 3.63) is 0 Å². The van der Waals surface area contributed by atoms with Crippen LogP contribution in [0.1, 0.15) is 12.8 Å². The fourth-order valence-corrected chi connectivity index (χ4v) is 2.68. The summed E-state index contributed by atoms with van der Waals surface area (Å²) in [5.41, 5.74) is 0. The Bertz CT molecular complexity index is 275. The number of piperidine rings is 1. The molecule has 1 saturated heterocycles. The molecule has 0 aromatic rings. The van der Waals surface area contributed by atoms with Crippen molar-refractivity contribution in [2.75, 3.05) is 19.0 Å². The molecule has 1 heterocycles. The maximum Gasteiger partial charge on any atom is 0.350 e. The molecule has 0 saturated carbocycles. The molecule has 84 valence electrons. The van der Waals surface area contributed by atoms with Crippen LogP contribution in [0.2, 0.25) is 0 Å². The molecule has 3 nitrogen and oxygen atoms in total. The van der Waals surface area contributed by atoms with Crippen LogP contribution in [-0.2, 0) is 10.0 Å². The first kappa shape index (κ1) is 12.1. The molecule has 0 aliphatic carbocycles. The van der Waals surface area contributed by atoms with Gasteiger partial charge in [0.1, 0.15) is 0 Å². The molecule has 0 N–H and O–H groups in total. The molecule has 1 aliphatic heterocycles. The zero-order valence-corrected chi connectivity index (χ0v) is 9.07. The highest BCUT2D eigenvalue weighted by atomic mass is 35.5. The summed E-state index contributed by atoms with van der Waals surface area (Å²) in [5, 5.41) is 0. The normalized spacial score (nSPS) is 21.7. The average Bonchev–Trinajstić information content (AvgIpc) is 2.17. The number of hydrogen-bond acceptors (Lipinski definition) is 2. The van der Waals surface area contributed by atoms with Crippen LogP contribution in [0.15, 0.2) is 0 Å². The number of sulfonamides is 1. The molecule has 0 aromatic carbocycles. The van der Waals surface area contributed by atoms with Gasteiger partial charge in [0, 0.05) is 19.0 Å². The second-order valence-electron chi connectivity index (χ2n) is 3.30. The van der Waals surface area contributed by atoms with Crippen LogP contribution in [0.5, 0.6) is 0 Å². The van der Waals surface area contributed by atoms with Crippen LogP contribution in [0, 0.1) is 5.92 Å². The zero-order valence-electron chi connectivity index (χ0n) is 7.50. The zero-order chi connectivity index (χ0) is 10.8. The quantitative estimate of drug-likeness (QED) is 0.709. The predicted molar refractivity (Wildman–Crippen MR) is 49.9 cm³/mol. The number of nitrogens with zero attached hydrogens (tertiary/aromatic N) is 1. The highest BCUT2D eigenvalue weighted by Crippen LogP contribution is 2.22. The summed E-state index contributed by atoms with van der Waals surface area (Å²) in [6.45, 7) is 0.314. The van der Waals surface area contributed by atoms with Gasteiger partial charge in [0.25, 0.3) is 10.0 Å². The van der Waals surface area contributed by atoms with Gasteiger partial charge < -0.3 is 0 Å². The lowest BCUT2D eigenvalue weighted by Crippen LogP contribution is -2.41. The van der Waals surface area contributed by atoms with Gasteiger partial charge in [-0.2, -0.15) is 13.1 Å². The molecule has 0 bridgehead atoms. The fraction of sp³-hybridized carbons (Fsp3) is 1.00. The minimum absolute atomic E-state index is 0.157. The van der Waals surface area contributed by atoms with E-state index in [4.69, 9.17) is 11.6 Å². The van der Waals surface area contributed by atoms with Crippen LogP contribution in [-0.4, -0.2) is 37.5 Å². The largest absolute Gasteiger partial charge is 0.350 e. The Balaban J connectivity index is 2.58.